The zero-order valence-corrected chi connectivity index (χ0v) is 6.26. The Bertz CT molecular complexity index is 281. The highest BCUT2D eigenvalue weighted by atomic mass is 16.6. The van der Waals surface area contributed by atoms with E-state index in [1.54, 1.807) is 0 Å². The van der Waals surface area contributed by atoms with Gasteiger partial charge in [-0.15, -0.1) is 0 Å². The molecule has 0 aliphatic carbocycles. The first-order valence-corrected chi connectivity index (χ1v) is 3.12. The maximum absolute atomic E-state index is 10.6. The molecule has 0 aromatic heterocycles. The Morgan fingerprint density at radius 2 is 2.42 bits per heavy atom. The summed E-state index contributed by atoms with van der Waals surface area (Å²) in [4.78, 5) is 23.6. The molecule has 6 nitrogen and oxygen atoms in total. The molecular weight excluding hydrogens is 164 g/mol. The van der Waals surface area contributed by atoms with Crippen LogP contribution in [0.1, 0.15) is 0 Å². The van der Waals surface area contributed by atoms with Crippen LogP contribution in [0.2, 0.25) is 0 Å². The number of aliphatic imine (C=N–C) groups is 1. The van der Waals surface area contributed by atoms with E-state index in [0.717, 1.165) is 12.3 Å². The first-order chi connectivity index (χ1) is 5.65. The lowest BCUT2D eigenvalue weighted by molar-refractivity contribution is -0.496. The van der Waals surface area contributed by atoms with Gasteiger partial charge in [0.1, 0.15) is 0 Å². The van der Waals surface area contributed by atoms with E-state index >= 15 is 0 Å². The lowest BCUT2D eigenvalue weighted by Crippen LogP contribution is -2.28. The van der Waals surface area contributed by atoms with Crippen LogP contribution >= 0.6 is 0 Å². The maximum Gasteiger partial charge on any atom is 0.304 e. The van der Waals surface area contributed by atoms with Gasteiger partial charge < -0.3 is 4.74 Å². The van der Waals surface area contributed by atoms with Crippen LogP contribution in [0.5, 0.6) is 0 Å². The summed E-state index contributed by atoms with van der Waals surface area (Å²) >= 11 is 0. The predicted octanol–water partition coefficient (Wildman–Crippen LogP) is -0.227. The third-order valence-electron chi connectivity index (χ3n) is 1.36. The van der Waals surface area contributed by atoms with Crippen molar-refractivity contribution in [1.82, 2.24) is 0 Å². The summed E-state index contributed by atoms with van der Waals surface area (Å²) in [6.45, 7) is 0. The van der Waals surface area contributed by atoms with Crippen LogP contribution in [-0.2, 0) is 9.53 Å². The summed E-state index contributed by atoms with van der Waals surface area (Å²) in [6, 6.07) is -1.13. The average molecular weight is 170 g/mol. The lowest BCUT2D eigenvalue weighted by atomic mass is 10.2. The van der Waals surface area contributed by atoms with Gasteiger partial charge in [-0.1, -0.05) is 0 Å². The number of dihydropyridines is 1. The molecule has 0 fully saturated rings. The van der Waals surface area contributed by atoms with E-state index in [9.17, 15) is 14.9 Å². The van der Waals surface area contributed by atoms with Crippen molar-refractivity contribution in [2.24, 2.45) is 4.99 Å². The molecule has 1 unspecified atom stereocenters. The minimum Gasteiger partial charge on any atom is -0.493 e. The quantitative estimate of drug-likeness (QED) is 0.423. The third kappa shape index (κ3) is 1.47. The highest BCUT2D eigenvalue weighted by molar-refractivity contribution is 5.98. The summed E-state index contributed by atoms with van der Waals surface area (Å²) in [7, 11) is 1.27. The largest absolute Gasteiger partial charge is 0.493 e. The average Bonchev–Trinajstić information content (AvgIpc) is 2.03. The normalized spacial score (nSPS) is 21.9. The second kappa shape index (κ2) is 3.12. The number of hydrogen-bond acceptors (Lipinski definition) is 4. The van der Waals surface area contributed by atoms with E-state index in [2.05, 4.69) is 9.73 Å². The Labute approximate surface area is 67.7 Å². The molecule has 0 N–H and O–H groups in total. The molecule has 1 atom stereocenters. The Kier molecular flexibility index (Phi) is 2.18. The Balaban J connectivity index is 2.90. The molecule has 12 heavy (non-hydrogen) atoms. The molecule has 0 bridgehead atoms. The number of hydrogen-bond donors (Lipinski definition) is 0. The van der Waals surface area contributed by atoms with Gasteiger partial charge in [-0.25, -0.2) is 4.99 Å². The fraction of sp³-hybridized carbons (Fsp3) is 0.333. The van der Waals surface area contributed by atoms with E-state index in [-0.39, 0.29) is 5.76 Å². The molecule has 1 rings (SSSR count). The number of rotatable bonds is 2. The van der Waals surface area contributed by atoms with Gasteiger partial charge >= 0.3 is 6.04 Å². The van der Waals surface area contributed by atoms with Crippen molar-refractivity contribution in [2.75, 3.05) is 7.11 Å². The van der Waals surface area contributed by atoms with E-state index in [0.29, 0.717) is 0 Å². The van der Waals surface area contributed by atoms with Gasteiger partial charge in [0.15, 0.2) is 5.76 Å². The van der Waals surface area contributed by atoms with Gasteiger partial charge in [-0.05, 0) is 0 Å². The van der Waals surface area contributed by atoms with Crippen molar-refractivity contribution < 1.29 is 14.5 Å². The Morgan fingerprint density at radius 3 is 2.92 bits per heavy atom. The zero-order chi connectivity index (χ0) is 9.14. The highest BCUT2D eigenvalue weighted by Crippen LogP contribution is 2.09. The van der Waals surface area contributed by atoms with Crippen LogP contribution in [0.25, 0.3) is 0 Å². The molecule has 0 radical (unpaired) electrons. The van der Waals surface area contributed by atoms with E-state index in [1.165, 1.54) is 7.11 Å². The summed E-state index contributed by atoms with van der Waals surface area (Å²) in [5.41, 5.74) is 0. The number of carbonyl (C=O) groups is 1. The molecule has 0 aromatic rings. The van der Waals surface area contributed by atoms with Gasteiger partial charge in [-0.2, -0.15) is 0 Å². The summed E-state index contributed by atoms with van der Waals surface area (Å²) < 4.78 is 4.64. The van der Waals surface area contributed by atoms with Gasteiger partial charge in [0.05, 0.1) is 19.4 Å². The van der Waals surface area contributed by atoms with Crippen LogP contribution in [0.15, 0.2) is 16.8 Å². The van der Waals surface area contributed by atoms with Crippen molar-refractivity contribution in [2.45, 2.75) is 6.04 Å². The number of methoxy groups -OCH3 is 1. The fourth-order valence-electron chi connectivity index (χ4n) is 0.800. The van der Waals surface area contributed by atoms with Crippen molar-refractivity contribution in [3.63, 3.8) is 0 Å². The van der Waals surface area contributed by atoms with Crippen LogP contribution in [0.4, 0.5) is 0 Å². The van der Waals surface area contributed by atoms with E-state index < -0.39 is 16.9 Å². The number of ether oxygens (including phenoxy) is 1. The predicted molar refractivity (Wildman–Crippen MR) is 39.4 cm³/mol. The fourth-order valence-corrected chi connectivity index (χ4v) is 0.800. The molecule has 1 amide bonds. The van der Waals surface area contributed by atoms with Gasteiger partial charge in [0.25, 0.3) is 5.91 Å². The minimum absolute atomic E-state index is 0.0139. The van der Waals surface area contributed by atoms with Crippen LogP contribution < -0.4 is 0 Å². The Hall–Kier alpha value is -1.72. The standard InChI is InChI=1S/C6H6N2O4/c1-12-5-2-6(9)7-3-4(5)8(10)11/h2-4H,1H3. The first-order valence-electron chi connectivity index (χ1n) is 3.12. The van der Waals surface area contributed by atoms with Crippen LogP contribution in [-0.4, -0.2) is 30.2 Å². The smallest absolute Gasteiger partial charge is 0.304 e. The number of nitrogens with zero attached hydrogens (tertiary/aromatic N) is 2. The Morgan fingerprint density at radius 1 is 1.75 bits per heavy atom. The SMILES string of the molecule is COC1=CC(=O)N=CC1[N+](=O)[O-]. The van der Waals surface area contributed by atoms with E-state index in [4.69, 9.17) is 0 Å². The molecule has 1 heterocycles. The molecule has 0 saturated heterocycles. The molecule has 64 valence electrons. The summed E-state index contributed by atoms with van der Waals surface area (Å²) in [5, 5.41) is 10.3. The second-order valence-corrected chi connectivity index (χ2v) is 2.10. The van der Waals surface area contributed by atoms with Crippen molar-refractivity contribution >= 4 is 12.1 Å². The molecule has 0 saturated carbocycles. The molecule has 0 spiro atoms. The first kappa shape index (κ1) is 8.38. The van der Waals surface area contributed by atoms with Gasteiger partial charge in [0, 0.05) is 4.92 Å². The highest BCUT2D eigenvalue weighted by Gasteiger charge is 2.28. The van der Waals surface area contributed by atoms with Crippen LogP contribution in [0, 0.1) is 10.1 Å². The number of carbonyl (C=O) groups excluding carboxylic acids is 1. The molecule has 1 aliphatic rings. The van der Waals surface area contributed by atoms with Crippen molar-refractivity contribution in [1.29, 1.82) is 0 Å². The molecule has 6 heteroatoms. The summed E-state index contributed by atoms with van der Waals surface area (Å²) in [6.07, 6.45) is 1.97. The minimum atomic E-state index is -1.13. The van der Waals surface area contributed by atoms with Crippen molar-refractivity contribution in [3.05, 3.63) is 21.9 Å². The third-order valence-corrected chi connectivity index (χ3v) is 1.36. The monoisotopic (exact) mass is 170 g/mol. The molecule has 0 aromatic carbocycles. The number of amides is 1. The lowest BCUT2D eigenvalue weighted by Gasteiger charge is -2.09. The maximum atomic E-state index is 10.6. The van der Waals surface area contributed by atoms with Gasteiger partial charge in [0.2, 0.25) is 0 Å². The van der Waals surface area contributed by atoms with Crippen molar-refractivity contribution in [3.8, 4) is 0 Å². The molecular formula is C6H6N2O4. The topological polar surface area (TPSA) is 81.8 Å². The van der Waals surface area contributed by atoms with Crippen LogP contribution in [0.3, 0.4) is 0 Å². The van der Waals surface area contributed by atoms with E-state index in [1.807, 2.05) is 0 Å². The number of nitro groups is 1. The molecule has 1 aliphatic heterocycles. The van der Waals surface area contributed by atoms with Gasteiger partial charge in [-0.3, -0.25) is 14.9 Å². The second-order valence-electron chi connectivity index (χ2n) is 2.10. The zero-order valence-electron chi connectivity index (χ0n) is 6.26. The summed E-state index contributed by atoms with van der Waals surface area (Å²) in [5.74, 6) is -0.523.